The number of benzene rings is 1. The molecule has 0 aromatic heterocycles. The van der Waals surface area contributed by atoms with E-state index in [9.17, 15) is 30.3 Å². The number of hydrogen-bond acceptors (Lipinski definition) is 7. The van der Waals surface area contributed by atoms with Gasteiger partial charge in [-0.05, 0) is 30.5 Å². The minimum atomic E-state index is -1.73. The first-order chi connectivity index (χ1) is 14.5. The fourth-order valence-corrected chi connectivity index (χ4v) is 5.06. The molecule has 0 amide bonds. The summed E-state index contributed by atoms with van der Waals surface area (Å²) in [6, 6.07) is 7.34. The van der Waals surface area contributed by atoms with E-state index in [-0.39, 0.29) is 22.8 Å². The summed E-state index contributed by atoms with van der Waals surface area (Å²) < 4.78 is 10.9. The largest absolute Gasteiger partial charge is 1.00 e. The Hall–Kier alpha value is -1.46. The van der Waals surface area contributed by atoms with Crippen LogP contribution in [-0.4, -0.2) is 94.4 Å². The molecular formula is C22H34ClNO8. The molecule has 0 spiro atoms. The van der Waals surface area contributed by atoms with Crippen molar-refractivity contribution in [3.8, 4) is 5.75 Å². The molecule has 2 fully saturated rings. The number of likely N-dealkylation sites (N-methyl/N-ethyl adjacent to an activating group) is 1. The zero-order valence-corrected chi connectivity index (χ0v) is 19.4. The number of aliphatic hydroxyl groups is 4. The number of nitrogens with zero attached hydrogens (tertiary/aromatic N) is 1. The predicted octanol–water partition coefficient (Wildman–Crippen LogP) is -2.95. The van der Waals surface area contributed by atoms with E-state index in [4.69, 9.17) is 9.47 Å². The molecule has 2 aliphatic rings. The average molecular weight is 476 g/mol. The van der Waals surface area contributed by atoms with E-state index in [2.05, 4.69) is 0 Å². The number of carbonyl (C=O) groups is 1. The number of carboxylic acids is 1. The summed E-state index contributed by atoms with van der Waals surface area (Å²) >= 11 is 0. The number of halogens is 1. The van der Waals surface area contributed by atoms with Crippen LogP contribution < -0.4 is 17.1 Å². The molecule has 0 bridgehead atoms. The number of rotatable bonds is 6. The number of carboxylic acid groups (broad SMARTS) is 1. The highest BCUT2D eigenvalue weighted by atomic mass is 35.5. The van der Waals surface area contributed by atoms with Gasteiger partial charge in [-0.15, -0.1) is 0 Å². The molecule has 1 aliphatic carbocycles. The van der Waals surface area contributed by atoms with Crippen LogP contribution in [0.2, 0.25) is 0 Å². The Bertz CT molecular complexity index is 793. The van der Waals surface area contributed by atoms with Crippen molar-refractivity contribution in [2.75, 3.05) is 27.7 Å². The highest BCUT2D eigenvalue weighted by Crippen LogP contribution is 2.44. The van der Waals surface area contributed by atoms with Gasteiger partial charge in [-0.1, -0.05) is 25.0 Å². The molecular weight excluding hydrogens is 442 g/mol. The van der Waals surface area contributed by atoms with Crippen molar-refractivity contribution in [3.05, 3.63) is 29.8 Å². The lowest BCUT2D eigenvalue weighted by molar-refractivity contribution is -0.948. The van der Waals surface area contributed by atoms with Gasteiger partial charge in [0.25, 0.3) is 0 Å². The van der Waals surface area contributed by atoms with E-state index in [1.807, 2.05) is 24.3 Å². The van der Waals surface area contributed by atoms with Crippen LogP contribution in [0.3, 0.4) is 0 Å². The van der Waals surface area contributed by atoms with Gasteiger partial charge < -0.3 is 51.9 Å². The molecule has 1 saturated heterocycles. The Balaban J connectivity index is 0.00000363. The first-order valence-corrected chi connectivity index (χ1v) is 10.6. The van der Waals surface area contributed by atoms with Gasteiger partial charge in [0.1, 0.15) is 18.0 Å². The fourth-order valence-electron chi connectivity index (χ4n) is 5.06. The van der Waals surface area contributed by atoms with E-state index in [1.165, 1.54) is 0 Å². The normalized spacial score (nSPS) is 35.6. The number of methoxy groups -OCH3 is 1. The van der Waals surface area contributed by atoms with Crippen LogP contribution in [0.25, 0.3) is 0 Å². The summed E-state index contributed by atoms with van der Waals surface area (Å²) in [6.07, 6.45) is -4.48. The molecule has 0 radical (unpaired) electrons. The maximum Gasteiger partial charge on any atom is 0.335 e. The zero-order chi connectivity index (χ0) is 23.0. The van der Waals surface area contributed by atoms with Gasteiger partial charge in [0.15, 0.2) is 12.2 Å². The number of ether oxygens (including phenoxy) is 2. The molecule has 7 unspecified atom stereocenters. The second-order valence-electron chi connectivity index (χ2n) is 9.32. The predicted molar refractivity (Wildman–Crippen MR) is 110 cm³/mol. The molecule has 32 heavy (non-hydrogen) atoms. The summed E-state index contributed by atoms with van der Waals surface area (Å²) in [5.41, 5.74) is -0.368. The van der Waals surface area contributed by atoms with E-state index >= 15 is 0 Å². The minimum Gasteiger partial charge on any atom is -1.00 e. The van der Waals surface area contributed by atoms with Crippen LogP contribution in [0, 0.1) is 5.92 Å². The van der Waals surface area contributed by atoms with Crippen molar-refractivity contribution in [3.63, 3.8) is 0 Å². The van der Waals surface area contributed by atoms with Gasteiger partial charge in [0.2, 0.25) is 6.23 Å². The Morgan fingerprint density at radius 1 is 1.19 bits per heavy atom. The van der Waals surface area contributed by atoms with Crippen LogP contribution in [0.1, 0.15) is 31.2 Å². The van der Waals surface area contributed by atoms with Crippen molar-refractivity contribution >= 4 is 5.97 Å². The van der Waals surface area contributed by atoms with Gasteiger partial charge in [-0.25, -0.2) is 4.79 Å². The van der Waals surface area contributed by atoms with E-state index in [1.54, 1.807) is 21.2 Å². The van der Waals surface area contributed by atoms with Crippen molar-refractivity contribution in [1.29, 1.82) is 0 Å². The zero-order valence-electron chi connectivity index (χ0n) is 18.6. The van der Waals surface area contributed by atoms with Gasteiger partial charge in [0.05, 0.1) is 33.4 Å². The highest BCUT2D eigenvalue weighted by Gasteiger charge is 2.54. The maximum absolute atomic E-state index is 11.7. The molecule has 1 aromatic carbocycles. The Kier molecular flexibility index (Phi) is 8.55. The first-order valence-electron chi connectivity index (χ1n) is 10.6. The quantitative estimate of drug-likeness (QED) is 0.275. The second kappa shape index (κ2) is 10.2. The molecule has 7 atom stereocenters. The Morgan fingerprint density at radius 3 is 2.50 bits per heavy atom. The molecule has 9 nitrogen and oxygen atoms in total. The lowest BCUT2D eigenvalue weighted by atomic mass is 9.71. The molecule has 1 aromatic rings. The standard InChI is InChI=1S/C22H33NO8.ClH/c1-23(2,20-18(26)16(24)17(25)19(31-20)21(27)28)12-14-7-4-5-10-22(14,29)13-8-6-9-15(11-13)30-3;/h6,8-9,11,14,16-20,24-26,29H,4-5,7,10,12H2,1-3H3;1H. The van der Waals surface area contributed by atoms with Crippen LogP contribution in [-0.2, 0) is 15.1 Å². The lowest BCUT2D eigenvalue weighted by Crippen LogP contribution is -3.00. The minimum absolute atomic E-state index is 0. The summed E-state index contributed by atoms with van der Waals surface area (Å²) in [5, 5.41) is 51.9. The fraction of sp³-hybridized carbons (Fsp3) is 0.682. The highest BCUT2D eigenvalue weighted by molar-refractivity contribution is 5.73. The molecule has 5 N–H and O–H groups in total. The summed E-state index contributed by atoms with van der Waals surface area (Å²) in [4.78, 5) is 11.5. The van der Waals surface area contributed by atoms with Gasteiger partial charge in [-0.2, -0.15) is 0 Å². The van der Waals surface area contributed by atoms with Gasteiger partial charge in [0, 0.05) is 5.92 Å². The lowest BCUT2D eigenvalue weighted by Gasteiger charge is -2.50. The third kappa shape index (κ3) is 5.04. The Morgan fingerprint density at radius 2 is 1.88 bits per heavy atom. The molecule has 10 heteroatoms. The molecule has 1 heterocycles. The summed E-state index contributed by atoms with van der Waals surface area (Å²) in [5.74, 6) is -0.961. The number of aliphatic hydroxyl groups excluding tert-OH is 3. The summed E-state index contributed by atoms with van der Waals surface area (Å²) in [6.45, 7) is 0.366. The van der Waals surface area contributed by atoms with Crippen molar-refractivity contribution in [1.82, 2.24) is 0 Å². The van der Waals surface area contributed by atoms with E-state index < -0.39 is 42.2 Å². The third-order valence-electron chi connectivity index (χ3n) is 6.82. The SMILES string of the molecule is COc1cccc(C2(O)CCCCC2C[N+](C)(C)C2OC(C(=O)O)C(O)C(O)C2O)c1.[Cl-]. The summed E-state index contributed by atoms with van der Waals surface area (Å²) in [7, 11) is 5.09. The van der Waals surface area contributed by atoms with Crippen molar-refractivity contribution < 1.29 is 56.7 Å². The van der Waals surface area contributed by atoms with Crippen LogP contribution in [0.15, 0.2) is 24.3 Å². The molecule has 182 valence electrons. The van der Waals surface area contributed by atoms with Crippen LogP contribution in [0.5, 0.6) is 5.75 Å². The topological polar surface area (TPSA) is 137 Å². The molecule has 1 aliphatic heterocycles. The smallest absolute Gasteiger partial charge is 0.335 e. The molecule has 3 rings (SSSR count). The number of quaternary nitrogens is 1. The average Bonchev–Trinajstić information content (AvgIpc) is 2.73. The van der Waals surface area contributed by atoms with E-state index in [0.717, 1.165) is 24.8 Å². The monoisotopic (exact) mass is 475 g/mol. The second-order valence-corrected chi connectivity index (χ2v) is 9.32. The Labute approximate surface area is 194 Å². The third-order valence-corrected chi connectivity index (χ3v) is 6.82. The maximum atomic E-state index is 11.7. The van der Waals surface area contributed by atoms with E-state index in [0.29, 0.717) is 18.7 Å². The van der Waals surface area contributed by atoms with Gasteiger partial charge in [-0.3, -0.25) is 0 Å². The number of hydrogen-bond donors (Lipinski definition) is 5. The number of aliphatic carboxylic acids is 1. The first kappa shape index (κ1) is 26.8. The van der Waals surface area contributed by atoms with Gasteiger partial charge >= 0.3 is 5.97 Å². The van der Waals surface area contributed by atoms with Crippen LogP contribution in [0.4, 0.5) is 0 Å². The molecule has 1 saturated carbocycles. The van der Waals surface area contributed by atoms with Crippen LogP contribution >= 0.6 is 0 Å². The van der Waals surface area contributed by atoms with Crippen molar-refractivity contribution in [2.45, 2.75) is 61.9 Å². The van der Waals surface area contributed by atoms with Crippen molar-refractivity contribution in [2.24, 2.45) is 5.92 Å².